The van der Waals surface area contributed by atoms with Gasteiger partial charge in [0.05, 0.1) is 11.3 Å². The summed E-state index contributed by atoms with van der Waals surface area (Å²) in [7, 11) is 0. The highest BCUT2D eigenvalue weighted by Gasteiger charge is 2.12. The van der Waals surface area contributed by atoms with Gasteiger partial charge in [0.15, 0.2) is 0 Å². The van der Waals surface area contributed by atoms with Gasteiger partial charge in [0.25, 0.3) is 5.91 Å². The number of nitrogens with one attached hydrogen (secondary N) is 2. The number of rotatable bonds is 5. The van der Waals surface area contributed by atoms with E-state index in [-0.39, 0.29) is 5.91 Å². The van der Waals surface area contributed by atoms with E-state index >= 15 is 0 Å². The van der Waals surface area contributed by atoms with E-state index in [4.69, 9.17) is 0 Å². The van der Waals surface area contributed by atoms with E-state index in [0.29, 0.717) is 5.56 Å². The second kappa shape index (κ2) is 7.13. The number of thioether (sulfide) groups is 1. The molecule has 0 bridgehead atoms. The van der Waals surface area contributed by atoms with Crippen LogP contribution >= 0.6 is 11.8 Å². The Balaban J connectivity index is 2.19. The standard InChI is InChI=1S/C16H19N3OS/c1-4-17-15-9-11(2)18-10-14(15)16(20)19-12-5-7-13(21-3)8-6-12/h5-10H,4H2,1-3H3,(H,17,18)(H,19,20). The van der Waals surface area contributed by atoms with E-state index in [9.17, 15) is 4.79 Å². The van der Waals surface area contributed by atoms with E-state index < -0.39 is 0 Å². The van der Waals surface area contributed by atoms with Gasteiger partial charge >= 0.3 is 0 Å². The number of carbonyl (C=O) groups excluding carboxylic acids is 1. The van der Waals surface area contributed by atoms with Crippen LogP contribution in [0.25, 0.3) is 0 Å². The average Bonchev–Trinajstić information content (AvgIpc) is 2.48. The molecule has 0 fully saturated rings. The molecular formula is C16H19N3OS. The number of nitrogens with zero attached hydrogens (tertiary/aromatic N) is 1. The molecule has 2 aromatic rings. The largest absolute Gasteiger partial charge is 0.385 e. The molecule has 0 atom stereocenters. The Kier molecular flexibility index (Phi) is 5.22. The molecule has 2 N–H and O–H groups in total. The number of aryl methyl sites for hydroxylation is 1. The van der Waals surface area contributed by atoms with Crippen LogP contribution in [-0.2, 0) is 0 Å². The van der Waals surface area contributed by atoms with Crippen LogP contribution in [0.1, 0.15) is 23.0 Å². The molecule has 0 saturated heterocycles. The lowest BCUT2D eigenvalue weighted by Gasteiger charge is -2.11. The van der Waals surface area contributed by atoms with Gasteiger partial charge < -0.3 is 10.6 Å². The maximum Gasteiger partial charge on any atom is 0.259 e. The number of amides is 1. The second-order valence-corrected chi connectivity index (χ2v) is 5.46. The lowest BCUT2D eigenvalue weighted by atomic mass is 10.2. The first-order chi connectivity index (χ1) is 10.1. The SMILES string of the molecule is CCNc1cc(C)ncc1C(=O)Nc1ccc(SC)cc1. The predicted molar refractivity (Wildman–Crippen MR) is 89.3 cm³/mol. The van der Waals surface area contributed by atoms with Crippen molar-refractivity contribution >= 4 is 29.0 Å². The van der Waals surface area contributed by atoms with Gasteiger partial charge in [-0.2, -0.15) is 0 Å². The number of carbonyl (C=O) groups is 1. The summed E-state index contributed by atoms with van der Waals surface area (Å²) in [6.45, 7) is 4.66. The van der Waals surface area contributed by atoms with Gasteiger partial charge in [0.1, 0.15) is 0 Å². The average molecular weight is 301 g/mol. The molecule has 0 saturated carbocycles. The lowest BCUT2D eigenvalue weighted by molar-refractivity contribution is 0.102. The van der Waals surface area contributed by atoms with Crippen molar-refractivity contribution in [3.63, 3.8) is 0 Å². The third-order valence-corrected chi connectivity index (χ3v) is 3.74. The molecule has 0 aliphatic rings. The van der Waals surface area contributed by atoms with Crippen molar-refractivity contribution in [1.82, 2.24) is 4.98 Å². The molecule has 1 heterocycles. The summed E-state index contributed by atoms with van der Waals surface area (Å²) >= 11 is 1.67. The van der Waals surface area contributed by atoms with Crippen LogP contribution in [0.5, 0.6) is 0 Å². The van der Waals surface area contributed by atoms with Crippen LogP contribution in [0.2, 0.25) is 0 Å². The smallest absolute Gasteiger partial charge is 0.259 e. The minimum atomic E-state index is -0.157. The van der Waals surface area contributed by atoms with Gasteiger partial charge in [-0.1, -0.05) is 0 Å². The van der Waals surface area contributed by atoms with E-state index in [2.05, 4.69) is 15.6 Å². The monoisotopic (exact) mass is 301 g/mol. The Morgan fingerprint density at radius 2 is 2.00 bits per heavy atom. The van der Waals surface area contributed by atoms with E-state index in [1.165, 1.54) is 4.90 Å². The summed E-state index contributed by atoms with van der Waals surface area (Å²) in [4.78, 5) is 17.8. The minimum absolute atomic E-state index is 0.157. The molecule has 0 aliphatic carbocycles. The van der Waals surface area contributed by atoms with Crippen LogP contribution in [0.15, 0.2) is 41.4 Å². The first-order valence-electron chi connectivity index (χ1n) is 6.80. The maximum atomic E-state index is 12.4. The summed E-state index contributed by atoms with van der Waals surface area (Å²) in [5.74, 6) is -0.157. The van der Waals surface area contributed by atoms with Gasteiger partial charge in [-0.25, -0.2) is 0 Å². The number of benzene rings is 1. The number of aromatic nitrogens is 1. The summed E-state index contributed by atoms with van der Waals surface area (Å²) in [6, 6.07) is 9.66. The molecule has 1 aromatic heterocycles. The fourth-order valence-electron chi connectivity index (χ4n) is 1.95. The Labute approximate surface area is 129 Å². The molecule has 1 aromatic carbocycles. The van der Waals surface area contributed by atoms with E-state index in [0.717, 1.165) is 23.6 Å². The summed E-state index contributed by atoms with van der Waals surface area (Å²) in [5, 5.41) is 6.10. The van der Waals surface area contributed by atoms with Crippen LogP contribution in [0.4, 0.5) is 11.4 Å². The van der Waals surface area contributed by atoms with E-state index in [1.54, 1.807) is 18.0 Å². The summed E-state index contributed by atoms with van der Waals surface area (Å²) in [5.41, 5.74) is 3.02. The zero-order valence-corrected chi connectivity index (χ0v) is 13.3. The van der Waals surface area contributed by atoms with Crippen molar-refractivity contribution < 1.29 is 4.79 Å². The highest BCUT2D eigenvalue weighted by molar-refractivity contribution is 7.98. The Morgan fingerprint density at radius 3 is 2.62 bits per heavy atom. The minimum Gasteiger partial charge on any atom is -0.385 e. The van der Waals surface area contributed by atoms with Crippen molar-refractivity contribution in [2.45, 2.75) is 18.7 Å². The van der Waals surface area contributed by atoms with Gasteiger partial charge in [0.2, 0.25) is 0 Å². The molecule has 0 spiro atoms. The predicted octanol–water partition coefficient (Wildman–Crippen LogP) is 3.80. The molecule has 4 nitrogen and oxygen atoms in total. The summed E-state index contributed by atoms with van der Waals surface area (Å²) < 4.78 is 0. The highest BCUT2D eigenvalue weighted by Crippen LogP contribution is 2.20. The second-order valence-electron chi connectivity index (χ2n) is 4.58. The Morgan fingerprint density at radius 1 is 1.29 bits per heavy atom. The lowest BCUT2D eigenvalue weighted by Crippen LogP contribution is -2.15. The van der Waals surface area contributed by atoms with Crippen LogP contribution in [0.3, 0.4) is 0 Å². The van der Waals surface area contributed by atoms with Gasteiger partial charge in [-0.15, -0.1) is 11.8 Å². The molecule has 1 amide bonds. The first kappa shape index (κ1) is 15.4. The summed E-state index contributed by atoms with van der Waals surface area (Å²) in [6.07, 6.45) is 3.63. The molecule has 0 aliphatic heterocycles. The molecule has 2 rings (SSSR count). The first-order valence-corrected chi connectivity index (χ1v) is 8.02. The van der Waals surface area contributed by atoms with Crippen molar-refractivity contribution in [1.29, 1.82) is 0 Å². The fourth-order valence-corrected chi connectivity index (χ4v) is 2.36. The third-order valence-electron chi connectivity index (χ3n) is 3.00. The molecule has 5 heteroatoms. The zero-order valence-electron chi connectivity index (χ0n) is 12.4. The maximum absolute atomic E-state index is 12.4. The van der Waals surface area contributed by atoms with Crippen molar-refractivity contribution in [3.05, 3.63) is 47.8 Å². The number of hydrogen-bond acceptors (Lipinski definition) is 4. The van der Waals surface area contributed by atoms with Gasteiger partial charge in [-0.05, 0) is 50.4 Å². The highest BCUT2D eigenvalue weighted by atomic mass is 32.2. The molecule has 0 radical (unpaired) electrons. The normalized spacial score (nSPS) is 10.2. The van der Waals surface area contributed by atoms with Crippen molar-refractivity contribution in [2.75, 3.05) is 23.4 Å². The van der Waals surface area contributed by atoms with Crippen molar-refractivity contribution in [2.24, 2.45) is 0 Å². The molecule has 21 heavy (non-hydrogen) atoms. The molecule has 0 unspecified atom stereocenters. The third kappa shape index (κ3) is 3.98. The number of pyridine rings is 1. The number of hydrogen-bond donors (Lipinski definition) is 2. The van der Waals surface area contributed by atoms with Crippen LogP contribution in [0, 0.1) is 6.92 Å². The van der Waals surface area contributed by atoms with Gasteiger partial charge in [0, 0.05) is 29.0 Å². The Hall–Kier alpha value is -2.01. The topological polar surface area (TPSA) is 54.0 Å². The van der Waals surface area contributed by atoms with Gasteiger partial charge in [-0.3, -0.25) is 9.78 Å². The molecular weight excluding hydrogens is 282 g/mol. The zero-order chi connectivity index (χ0) is 15.2. The van der Waals surface area contributed by atoms with Crippen LogP contribution < -0.4 is 10.6 Å². The Bertz CT molecular complexity index is 626. The number of anilines is 2. The quantitative estimate of drug-likeness (QED) is 0.825. The van der Waals surface area contributed by atoms with Crippen molar-refractivity contribution in [3.8, 4) is 0 Å². The fraction of sp³-hybridized carbons (Fsp3) is 0.250. The molecule has 110 valence electrons. The van der Waals surface area contributed by atoms with E-state index in [1.807, 2.05) is 50.4 Å². The van der Waals surface area contributed by atoms with Crippen LogP contribution in [-0.4, -0.2) is 23.7 Å².